The number of nitrogens with one attached hydrogen (secondary N) is 1. The summed E-state index contributed by atoms with van der Waals surface area (Å²) in [5.74, 6) is 2.29. The maximum absolute atomic E-state index is 13.2. The van der Waals surface area contributed by atoms with Crippen molar-refractivity contribution < 1.29 is 13.9 Å². The van der Waals surface area contributed by atoms with Crippen molar-refractivity contribution in [2.24, 2.45) is 0 Å². The first-order valence-corrected chi connectivity index (χ1v) is 10.5. The van der Waals surface area contributed by atoms with Crippen LogP contribution in [0.2, 0.25) is 0 Å². The highest BCUT2D eigenvalue weighted by molar-refractivity contribution is 6.03. The number of ether oxygens (including phenoxy) is 1. The molecular formula is C25H23N3O3. The molecule has 0 fully saturated rings. The van der Waals surface area contributed by atoms with E-state index in [1.807, 2.05) is 78.3 Å². The highest BCUT2D eigenvalue weighted by Gasteiger charge is 2.34. The second-order valence-electron chi connectivity index (χ2n) is 7.54. The van der Waals surface area contributed by atoms with E-state index in [0.29, 0.717) is 30.8 Å². The molecule has 1 N–H and O–H groups in total. The molecular weight excluding hydrogens is 390 g/mol. The fourth-order valence-electron chi connectivity index (χ4n) is 4.10. The largest absolute Gasteiger partial charge is 0.494 e. The number of fused-ring (bicyclic) bond motifs is 1. The first-order chi connectivity index (χ1) is 15.2. The van der Waals surface area contributed by atoms with Gasteiger partial charge in [-0.15, -0.1) is 5.10 Å². The van der Waals surface area contributed by atoms with E-state index in [1.165, 1.54) is 0 Å². The van der Waals surface area contributed by atoms with Crippen LogP contribution in [-0.2, 0) is 6.42 Å². The molecule has 2 aromatic carbocycles. The molecule has 156 valence electrons. The molecule has 0 bridgehead atoms. The number of Topliss-reactive ketones (excluding diaryl/α,β-unsaturated/α-hetero) is 1. The van der Waals surface area contributed by atoms with Gasteiger partial charge in [0.05, 0.1) is 29.8 Å². The molecule has 1 unspecified atom stereocenters. The number of nitrogens with zero attached hydrogens (tertiary/aromatic N) is 2. The normalized spacial score (nSPS) is 15.5. The summed E-state index contributed by atoms with van der Waals surface area (Å²) >= 11 is 0. The molecule has 2 heterocycles. The van der Waals surface area contributed by atoms with E-state index >= 15 is 0 Å². The summed E-state index contributed by atoms with van der Waals surface area (Å²) in [6.07, 6.45) is 2.74. The number of furan rings is 1. The van der Waals surface area contributed by atoms with Gasteiger partial charge in [0, 0.05) is 24.4 Å². The Morgan fingerprint density at radius 1 is 1.06 bits per heavy atom. The third-order valence-electron chi connectivity index (χ3n) is 5.51. The second kappa shape index (κ2) is 8.14. The number of carbonyl (C=O) groups is 1. The van der Waals surface area contributed by atoms with Crippen LogP contribution in [0.15, 0.2) is 77.4 Å². The molecule has 6 heteroatoms. The summed E-state index contributed by atoms with van der Waals surface area (Å²) in [6.45, 7) is 2.57. The van der Waals surface area contributed by atoms with Crippen LogP contribution in [0.1, 0.15) is 41.1 Å². The molecule has 1 aliphatic rings. The van der Waals surface area contributed by atoms with Crippen LogP contribution < -0.4 is 10.1 Å². The number of ketones is 1. The topological polar surface area (TPSA) is 69.3 Å². The molecule has 4 aromatic rings. The summed E-state index contributed by atoms with van der Waals surface area (Å²) in [5, 5.41) is 8.14. The first-order valence-electron chi connectivity index (χ1n) is 10.5. The minimum atomic E-state index is 0.00693. The summed E-state index contributed by atoms with van der Waals surface area (Å²) < 4.78 is 13.0. The summed E-state index contributed by atoms with van der Waals surface area (Å²) in [5.41, 5.74) is 3.33. The smallest absolute Gasteiger partial charge is 0.169 e. The minimum Gasteiger partial charge on any atom is -0.494 e. The van der Waals surface area contributed by atoms with Crippen molar-refractivity contribution in [3.63, 3.8) is 0 Å². The molecule has 0 aliphatic heterocycles. The van der Waals surface area contributed by atoms with Gasteiger partial charge in [0.1, 0.15) is 11.5 Å². The van der Waals surface area contributed by atoms with E-state index in [0.717, 1.165) is 28.6 Å². The van der Waals surface area contributed by atoms with Gasteiger partial charge >= 0.3 is 0 Å². The van der Waals surface area contributed by atoms with Crippen LogP contribution in [0.4, 0.5) is 11.5 Å². The van der Waals surface area contributed by atoms with Gasteiger partial charge in [0.25, 0.3) is 0 Å². The van der Waals surface area contributed by atoms with Crippen molar-refractivity contribution in [2.45, 2.75) is 25.7 Å². The average molecular weight is 413 g/mol. The van der Waals surface area contributed by atoms with Crippen LogP contribution in [-0.4, -0.2) is 22.2 Å². The number of carbonyl (C=O) groups excluding carboxylic acids is 1. The number of benzene rings is 2. The van der Waals surface area contributed by atoms with E-state index in [-0.39, 0.29) is 11.7 Å². The predicted octanol–water partition coefficient (Wildman–Crippen LogP) is 5.52. The van der Waals surface area contributed by atoms with Crippen molar-refractivity contribution in [3.8, 4) is 11.4 Å². The van der Waals surface area contributed by atoms with Crippen LogP contribution in [0.3, 0.4) is 0 Å². The Hall–Kier alpha value is -3.80. The first kappa shape index (κ1) is 19.2. The molecule has 1 aliphatic carbocycles. The fraction of sp³-hybridized carbons (Fsp3) is 0.200. The third kappa shape index (κ3) is 3.72. The summed E-state index contributed by atoms with van der Waals surface area (Å²) in [4.78, 5) is 13.2. The van der Waals surface area contributed by atoms with E-state index in [4.69, 9.17) is 14.3 Å². The fourth-order valence-corrected chi connectivity index (χ4v) is 4.10. The monoisotopic (exact) mass is 413 g/mol. The van der Waals surface area contributed by atoms with Crippen molar-refractivity contribution in [2.75, 3.05) is 11.9 Å². The zero-order valence-electron chi connectivity index (χ0n) is 17.2. The molecule has 0 saturated heterocycles. The third-order valence-corrected chi connectivity index (χ3v) is 5.51. The van der Waals surface area contributed by atoms with Crippen LogP contribution in [0.5, 0.6) is 5.75 Å². The van der Waals surface area contributed by atoms with Crippen LogP contribution in [0.25, 0.3) is 5.69 Å². The number of para-hydroxylation sites is 1. The van der Waals surface area contributed by atoms with E-state index in [1.54, 1.807) is 6.26 Å². The minimum absolute atomic E-state index is 0.00693. The Kier molecular flexibility index (Phi) is 5.04. The quantitative estimate of drug-likeness (QED) is 0.451. The lowest BCUT2D eigenvalue weighted by Crippen LogP contribution is -2.20. The lowest BCUT2D eigenvalue weighted by Gasteiger charge is -2.21. The van der Waals surface area contributed by atoms with Crippen molar-refractivity contribution >= 4 is 17.3 Å². The Morgan fingerprint density at radius 3 is 2.58 bits per heavy atom. The van der Waals surface area contributed by atoms with Crippen molar-refractivity contribution in [3.05, 3.63) is 90.0 Å². The zero-order chi connectivity index (χ0) is 21.2. The van der Waals surface area contributed by atoms with Gasteiger partial charge in [-0.3, -0.25) is 4.79 Å². The lowest BCUT2D eigenvalue weighted by atomic mass is 9.85. The van der Waals surface area contributed by atoms with Gasteiger partial charge in [0.15, 0.2) is 11.6 Å². The lowest BCUT2D eigenvalue weighted by molar-refractivity contribution is 0.0960. The summed E-state index contributed by atoms with van der Waals surface area (Å²) in [7, 11) is 0. The van der Waals surface area contributed by atoms with Gasteiger partial charge in [0.2, 0.25) is 0 Å². The van der Waals surface area contributed by atoms with Gasteiger partial charge in [-0.25, -0.2) is 4.68 Å². The zero-order valence-corrected chi connectivity index (χ0v) is 17.2. The standard InChI is InChI=1S/C25H23N3O3/c1-2-30-20-12-10-18(11-13-20)26-25-24-21(28(27-25)19-7-4-3-5-8-19)15-17(16-22(24)29)23-9-6-14-31-23/h3-14,17H,2,15-16H2,1H3,(H,26,27). The predicted molar refractivity (Wildman–Crippen MR) is 119 cm³/mol. The van der Waals surface area contributed by atoms with Gasteiger partial charge in [-0.05, 0) is 55.5 Å². The molecule has 0 spiro atoms. The van der Waals surface area contributed by atoms with Gasteiger partial charge in [-0.2, -0.15) is 0 Å². The SMILES string of the molecule is CCOc1ccc(Nc2nn(-c3ccccc3)c3c2C(=O)CC(c2ccco2)C3)cc1. The Morgan fingerprint density at radius 2 is 1.87 bits per heavy atom. The van der Waals surface area contributed by atoms with Crippen molar-refractivity contribution in [1.29, 1.82) is 0 Å². The van der Waals surface area contributed by atoms with Gasteiger partial charge < -0.3 is 14.5 Å². The van der Waals surface area contributed by atoms with Crippen LogP contribution in [0, 0.1) is 0 Å². The summed E-state index contributed by atoms with van der Waals surface area (Å²) in [6, 6.07) is 21.4. The molecule has 0 amide bonds. The number of rotatable bonds is 6. The molecule has 2 aromatic heterocycles. The van der Waals surface area contributed by atoms with Crippen molar-refractivity contribution in [1.82, 2.24) is 9.78 Å². The maximum Gasteiger partial charge on any atom is 0.169 e. The Labute approximate surface area is 180 Å². The van der Waals surface area contributed by atoms with E-state index in [2.05, 4.69) is 5.32 Å². The van der Waals surface area contributed by atoms with E-state index < -0.39 is 0 Å². The molecule has 6 nitrogen and oxygen atoms in total. The molecule has 0 saturated carbocycles. The molecule has 31 heavy (non-hydrogen) atoms. The maximum atomic E-state index is 13.2. The molecule has 5 rings (SSSR count). The Balaban J connectivity index is 1.55. The Bertz CT molecular complexity index is 1180. The van der Waals surface area contributed by atoms with Gasteiger partial charge in [-0.1, -0.05) is 18.2 Å². The second-order valence-corrected chi connectivity index (χ2v) is 7.54. The number of hydrogen-bond acceptors (Lipinski definition) is 5. The molecule has 1 atom stereocenters. The highest BCUT2D eigenvalue weighted by Crippen LogP contribution is 2.38. The average Bonchev–Trinajstić information content (AvgIpc) is 3.45. The molecule has 0 radical (unpaired) electrons. The van der Waals surface area contributed by atoms with Crippen LogP contribution >= 0.6 is 0 Å². The number of hydrogen-bond donors (Lipinski definition) is 1. The highest BCUT2D eigenvalue weighted by atomic mass is 16.5. The number of aromatic nitrogens is 2. The number of anilines is 2. The van der Waals surface area contributed by atoms with E-state index in [9.17, 15) is 4.79 Å².